The third-order valence-corrected chi connectivity index (χ3v) is 5.24. The van der Waals surface area contributed by atoms with Crippen LogP contribution in [0, 0.1) is 11.3 Å². The zero-order valence-electron chi connectivity index (χ0n) is 16.7. The summed E-state index contributed by atoms with van der Waals surface area (Å²) in [7, 11) is 0. The molecule has 3 rings (SSSR count). The second kappa shape index (κ2) is 10.4. The maximum absolute atomic E-state index is 12.3. The Labute approximate surface area is 175 Å². The van der Waals surface area contributed by atoms with Gasteiger partial charge in [0.2, 0.25) is 0 Å². The molecule has 0 aromatic rings. The first-order valence-electron chi connectivity index (χ1n) is 10.0. The second-order valence-electron chi connectivity index (χ2n) is 7.31. The van der Waals surface area contributed by atoms with Crippen molar-refractivity contribution in [3.63, 3.8) is 0 Å². The number of carbonyl (C=O) groups is 2. The number of hydrogen-bond acceptors (Lipinski definition) is 6. The quantitative estimate of drug-likeness (QED) is 0.198. The van der Waals surface area contributed by atoms with E-state index < -0.39 is 5.91 Å². The molecule has 8 heteroatoms. The topological polar surface area (TPSA) is 118 Å². The van der Waals surface area contributed by atoms with E-state index in [4.69, 9.17) is 10.6 Å². The number of carbonyl (C=O) groups excluding carboxylic acids is 2. The van der Waals surface area contributed by atoms with Crippen LogP contribution >= 0.6 is 0 Å². The van der Waals surface area contributed by atoms with Gasteiger partial charge in [-0.3, -0.25) is 20.2 Å². The smallest absolute Gasteiger partial charge is 0.269 e. The van der Waals surface area contributed by atoms with Gasteiger partial charge in [-0.15, -0.1) is 0 Å². The van der Waals surface area contributed by atoms with Crippen molar-refractivity contribution in [3.05, 3.63) is 72.3 Å². The number of rotatable bonds is 6. The molecular formula is C22H27N5O3. The molecule has 1 aliphatic carbocycles. The lowest BCUT2D eigenvalue weighted by atomic mass is 9.93. The fourth-order valence-corrected chi connectivity index (χ4v) is 3.66. The molecule has 0 aromatic carbocycles. The first-order chi connectivity index (χ1) is 14.6. The summed E-state index contributed by atoms with van der Waals surface area (Å²) >= 11 is 0. The van der Waals surface area contributed by atoms with Crippen LogP contribution in [0.5, 0.6) is 0 Å². The number of nitrogens with zero attached hydrogens (tertiary/aromatic N) is 1. The van der Waals surface area contributed by atoms with E-state index in [2.05, 4.69) is 27.7 Å². The van der Waals surface area contributed by atoms with Crippen molar-refractivity contribution < 1.29 is 14.8 Å². The Balaban J connectivity index is 1.51. The number of piperidine rings is 1. The van der Waals surface area contributed by atoms with Crippen LogP contribution in [0.15, 0.2) is 72.3 Å². The van der Waals surface area contributed by atoms with E-state index in [9.17, 15) is 9.59 Å². The van der Waals surface area contributed by atoms with Gasteiger partial charge in [-0.05, 0) is 43.6 Å². The van der Waals surface area contributed by atoms with E-state index >= 15 is 0 Å². The Morgan fingerprint density at radius 2 is 2.03 bits per heavy atom. The van der Waals surface area contributed by atoms with E-state index in [1.165, 1.54) is 12.2 Å². The summed E-state index contributed by atoms with van der Waals surface area (Å²) in [5.41, 5.74) is 3.37. The number of allylic oxidation sites excluding steroid dienone is 7. The Bertz CT molecular complexity index is 858. The molecule has 0 bridgehead atoms. The van der Waals surface area contributed by atoms with Crippen LogP contribution in [-0.4, -0.2) is 46.8 Å². The molecule has 30 heavy (non-hydrogen) atoms. The summed E-state index contributed by atoms with van der Waals surface area (Å²) in [5.74, 6) is -0.845. The average Bonchev–Trinajstić information content (AvgIpc) is 2.79. The van der Waals surface area contributed by atoms with E-state index in [-0.39, 0.29) is 23.6 Å². The van der Waals surface area contributed by atoms with Gasteiger partial charge < -0.3 is 15.5 Å². The summed E-state index contributed by atoms with van der Waals surface area (Å²) < 4.78 is 0. The summed E-state index contributed by atoms with van der Waals surface area (Å²) in [5, 5.41) is 22.6. The first kappa shape index (κ1) is 21.3. The van der Waals surface area contributed by atoms with Crippen molar-refractivity contribution in [3.8, 4) is 0 Å². The van der Waals surface area contributed by atoms with Crippen LogP contribution in [0.3, 0.4) is 0 Å². The number of nitrogens with one attached hydrogen (secondary N) is 4. The van der Waals surface area contributed by atoms with Gasteiger partial charge in [0.05, 0.1) is 0 Å². The van der Waals surface area contributed by atoms with Gasteiger partial charge in [0, 0.05) is 48.7 Å². The molecule has 0 aromatic heterocycles. The molecule has 8 nitrogen and oxygen atoms in total. The maximum Gasteiger partial charge on any atom is 0.269 e. The molecule has 1 unspecified atom stereocenters. The van der Waals surface area contributed by atoms with Gasteiger partial charge in [-0.2, -0.15) is 0 Å². The Hall–Kier alpha value is -3.39. The van der Waals surface area contributed by atoms with Crippen LogP contribution in [0.4, 0.5) is 0 Å². The van der Waals surface area contributed by atoms with Gasteiger partial charge in [0.1, 0.15) is 5.71 Å². The van der Waals surface area contributed by atoms with Crippen LogP contribution in [-0.2, 0) is 9.59 Å². The fourth-order valence-electron chi connectivity index (χ4n) is 3.66. The van der Waals surface area contributed by atoms with Crippen LogP contribution in [0.2, 0.25) is 0 Å². The van der Waals surface area contributed by atoms with Gasteiger partial charge in [-0.1, -0.05) is 24.3 Å². The maximum atomic E-state index is 12.3. The van der Waals surface area contributed by atoms with Gasteiger partial charge >= 0.3 is 0 Å². The standard InChI is InChI=1S/C22H27N5O3/c23-19(15-18-6-3-4-12-24-18)22(29)25-17-10-13-27(14-11-17)20-7-2-1-5-16(20)8-9-21(28)26-30/h1-4,6-9,12,15-17,23-24,30H,5,10-11,13-14H2,(H,25,29)(H,26,28)/b9-8+,18-15-,23-19?. The summed E-state index contributed by atoms with van der Waals surface area (Å²) in [6, 6.07) is 0.0242. The molecule has 1 atom stereocenters. The highest BCUT2D eigenvalue weighted by atomic mass is 16.5. The zero-order valence-corrected chi connectivity index (χ0v) is 16.7. The highest BCUT2D eigenvalue weighted by Crippen LogP contribution is 2.28. The predicted octanol–water partition coefficient (Wildman–Crippen LogP) is 1.67. The van der Waals surface area contributed by atoms with Gasteiger partial charge in [-0.25, -0.2) is 5.48 Å². The minimum Gasteiger partial charge on any atom is -0.374 e. The van der Waals surface area contributed by atoms with E-state index in [0.717, 1.165) is 38.0 Å². The summed E-state index contributed by atoms with van der Waals surface area (Å²) in [6.45, 7) is 1.56. The molecule has 0 spiro atoms. The summed E-state index contributed by atoms with van der Waals surface area (Å²) in [6.07, 6.45) is 20.4. The third-order valence-electron chi connectivity index (χ3n) is 5.24. The summed E-state index contributed by atoms with van der Waals surface area (Å²) in [4.78, 5) is 25.9. The van der Waals surface area contributed by atoms with E-state index in [1.54, 1.807) is 17.8 Å². The molecule has 0 saturated carbocycles. The van der Waals surface area contributed by atoms with Crippen molar-refractivity contribution in [2.45, 2.75) is 25.3 Å². The largest absolute Gasteiger partial charge is 0.374 e. The van der Waals surface area contributed by atoms with E-state index in [0.29, 0.717) is 5.70 Å². The van der Waals surface area contributed by atoms with E-state index in [1.807, 2.05) is 24.3 Å². The number of likely N-dealkylation sites (tertiary alicyclic amines) is 1. The van der Waals surface area contributed by atoms with Crippen molar-refractivity contribution in [2.75, 3.05) is 13.1 Å². The first-order valence-corrected chi connectivity index (χ1v) is 10.0. The lowest BCUT2D eigenvalue weighted by Crippen LogP contribution is -2.46. The number of hydroxylamine groups is 1. The van der Waals surface area contributed by atoms with Crippen LogP contribution in [0.25, 0.3) is 0 Å². The Morgan fingerprint density at radius 1 is 1.23 bits per heavy atom. The van der Waals surface area contributed by atoms with Gasteiger partial charge in [0.25, 0.3) is 11.8 Å². The lowest BCUT2D eigenvalue weighted by Gasteiger charge is -2.38. The molecule has 2 heterocycles. The van der Waals surface area contributed by atoms with Crippen LogP contribution < -0.4 is 16.1 Å². The fraction of sp³-hybridized carbons (Fsp3) is 0.318. The third kappa shape index (κ3) is 5.81. The Kier molecular flexibility index (Phi) is 7.40. The molecular weight excluding hydrogens is 382 g/mol. The number of amides is 2. The monoisotopic (exact) mass is 409 g/mol. The number of hydrogen-bond donors (Lipinski definition) is 5. The highest BCUT2D eigenvalue weighted by molar-refractivity contribution is 6.42. The number of dihydropyridines is 1. The molecule has 1 fully saturated rings. The normalized spacial score (nSPS) is 22.7. The van der Waals surface area contributed by atoms with Crippen molar-refractivity contribution in [1.29, 1.82) is 5.41 Å². The molecule has 0 radical (unpaired) electrons. The van der Waals surface area contributed by atoms with Crippen molar-refractivity contribution in [2.24, 2.45) is 5.92 Å². The minimum atomic E-state index is -0.544. The molecule has 3 aliphatic rings. The Morgan fingerprint density at radius 3 is 2.73 bits per heavy atom. The lowest BCUT2D eigenvalue weighted by molar-refractivity contribution is -0.124. The zero-order chi connectivity index (χ0) is 21.3. The van der Waals surface area contributed by atoms with Crippen molar-refractivity contribution in [1.82, 2.24) is 21.0 Å². The minimum absolute atomic E-state index is 0.0242. The molecule has 2 aliphatic heterocycles. The molecule has 158 valence electrons. The van der Waals surface area contributed by atoms with Crippen LogP contribution in [0.1, 0.15) is 19.3 Å². The molecule has 2 amide bonds. The molecule has 1 saturated heterocycles. The molecule has 5 N–H and O–H groups in total. The second-order valence-corrected chi connectivity index (χ2v) is 7.31. The average molecular weight is 409 g/mol. The highest BCUT2D eigenvalue weighted by Gasteiger charge is 2.26. The van der Waals surface area contributed by atoms with Crippen molar-refractivity contribution >= 4 is 17.5 Å². The predicted molar refractivity (Wildman–Crippen MR) is 114 cm³/mol. The van der Waals surface area contributed by atoms with Gasteiger partial charge in [0.15, 0.2) is 0 Å². The SMILES string of the molecule is N=C(/C=C1/C=CC=CN1)C(=O)NC1CCN(C2=CC=CCC2/C=C/C(=O)NO)CC1.